The summed E-state index contributed by atoms with van der Waals surface area (Å²) in [4.78, 5) is 8.37. The quantitative estimate of drug-likeness (QED) is 0.612. The number of hydrogen-bond donors (Lipinski definition) is 1. The summed E-state index contributed by atoms with van der Waals surface area (Å²) in [7, 11) is 0. The molecule has 0 unspecified atom stereocenters. The topological polar surface area (TPSA) is 37.8 Å². The Morgan fingerprint density at radius 2 is 2.42 bits per heavy atom. The molecule has 0 saturated carbocycles. The van der Waals surface area contributed by atoms with Gasteiger partial charge in [-0.3, -0.25) is 0 Å². The Labute approximate surface area is 71.2 Å². The van der Waals surface area contributed by atoms with Crippen LogP contribution in [0, 0.1) is 0 Å². The van der Waals surface area contributed by atoms with Crippen molar-refractivity contribution in [1.82, 2.24) is 15.3 Å². The first kappa shape index (κ1) is 6.54. The maximum atomic E-state index is 4.31. The predicted molar refractivity (Wildman–Crippen MR) is 44.6 cm³/mol. The van der Waals surface area contributed by atoms with Gasteiger partial charge in [-0.25, -0.2) is 9.97 Å². The molecule has 1 aromatic heterocycles. The molecule has 3 rings (SSSR count). The molecular formula is C9H11N3. The fourth-order valence-electron chi connectivity index (χ4n) is 2.29. The highest BCUT2D eigenvalue weighted by molar-refractivity contribution is 5.26. The minimum absolute atomic E-state index is 0.542. The molecule has 0 amide bonds. The minimum Gasteiger partial charge on any atom is -0.307 e. The molecule has 1 saturated heterocycles. The predicted octanol–water partition coefficient (Wildman–Crippen LogP) is 0.826. The Morgan fingerprint density at radius 1 is 1.42 bits per heavy atom. The summed E-state index contributed by atoms with van der Waals surface area (Å²) in [6.07, 6.45) is 7.26. The number of aromatic nitrogens is 2. The fraction of sp³-hybridized carbons (Fsp3) is 0.556. The molecule has 0 aliphatic carbocycles. The van der Waals surface area contributed by atoms with Crippen LogP contribution in [0.4, 0.5) is 0 Å². The van der Waals surface area contributed by atoms with E-state index in [1.807, 2.05) is 6.20 Å². The number of nitrogens with zero attached hydrogens (tertiary/aromatic N) is 2. The van der Waals surface area contributed by atoms with Crippen molar-refractivity contribution < 1.29 is 0 Å². The van der Waals surface area contributed by atoms with Gasteiger partial charge < -0.3 is 5.32 Å². The van der Waals surface area contributed by atoms with Gasteiger partial charge in [0.1, 0.15) is 6.33 Å². The molecule has 0 radical (unpaired) electrons. The second-order valence-corrected chi connectivity index (χ2v) is 3.62. The molecule has 1 fully saturated rings. The van der Waals surface area contributed by atoms with Crippen molar-refractivity contribution in [2.45, 2.75) is 31.3 Å². The first-order valence-electron chi connectivity index (χ1n) is 4.48. The molecule has 12 heavy (non-hydrogen) atoms. The number of rotatable bonds is 0. The van der Waals surface area contributed by atoms with E-state index in [0.717, 1.165) is 6.42 Å². The van der Waals surface area contributed by atoms with E-state index < -0.39 is 0 Å². The van der Waals surface area contributed by atoms with Crippen LogP contribution < -0.4 is 5.32 Å². The van der Waals surface area contributed by atoms with Gasteiger partial charge in [0.05, 0.1) is 5.69 Å². The maximum Gasteiger partial charge on any atom is 0.115 e. The highest BCUT2D eigenvalue weighted by Gasteiger charge is 2.32. The van der Waals surface area contributed by atoms with E-state index in [1.54, 1.807) is 6.33 Å². The van der Waals surface area contributed by atoms with E-state index in [1.165, 1.54) is 24.1 Å². The monoisotopic (exact) mass is 161 g/mol. The van der Waals surface area contributed by atoms with E-state index >= 15 is 0 Å². The second kappa shape index (κ2) is 2.26. The third-order valence-corrected chi connectivity index (χ3v) is 2.88. The normalized spacial score (nSPS) is 31.7. The van der Waals surface area contributed by atoms with Crippen molar-refractivity contribution in [1.29, 1.82) is 0 Å². The zero-order valence-electron chi connectivity index (χ0n) is 6.83. The zero-order valence-corrected chi connectivity index (χ0v) is 6.83. The van der Waals surface area contributed by atoms with Crippen LogP contribution in [0.5, 0.6) is 0 Å². The third kappa shape index (κ3) is 0.799. The Kier molecular flexibility index (Phi) is 1.23. The van der Waals surface area contributed by atoms with Crippen molar-refractivity contribution in [3.8, 4) is 0 Å². The lowest BCUT2D eigenvalue weighted by Gasteiger charge is -2.22. The van der Waals surface area contributed by atoms with Crippen molar-refractivity contribution in [3.05, 3.63) is 23.8 Å². The van der Waals surface area contributed by atoms with Gasteiger partial charge in [-0.05, 0) is 12.8 Å². The molecule has 1 aromatic rings. The zero-order chi connectivity index (χ0) is 7.97. The lowest BCUT2D eigenvalue weighted by atomic mass is 10.0. The number of fused-ring (bicyclic) bond motifs is 4. The van der Waals surface area contributed by atoms with E-state index in [2.05, 4.69) is 15.3 Å². The highest BCUT2D eigenvalue weighted by Crippen LogP contribution is 2.33. The molecule has 3 heterocycles. The highest BCUT2D eigenvalue weighted by atomic mass is 15.0. The van der Waals surface area contributed by atoms with Crippen LogP contribution in [-0.2, 0) is 6.42 Å². The van der Waals surface area contributed by atoms with Gasteiger partial charge in [0, 0.05) is 30.3 Å². The van der Waals surface area contributed by atoms with Gasteiger partial charge in [0.2, 0.25) is 0 Å². The summed E-state index contributed by atoms with van der Waals surface area (Å²) < 4.78 is 0. The molecule has 3 heteroatoms. The second-order valence-electron chi connectivity index (χ2n) is 3.62. The van der Waals surface area contributed by atoms with Crippen molar-refractivity contribution >= 4 is 0 Å². The van der Waals surface area contributed by atoms with Crippen LogP contribution >= 0.6 is 0 Å². The molecule has 2 aliphatic rings. The summed E-state index contributed by atoms with van der Waals surface area (Å²) >= 11 is 0. The smallest absolute Gasteiger partial charge is 0.115 e. The van der Waals surface area contributed by atoms with Crippen molar-refractivity contribution in [3.63, 3.8) is 0 Å². The van der Waals surface area contributed by atoms with E-state index in [0.29, 0.717) is 12.1 Å². The summed E-state index contributed by atoms with van der Waals surface area (Å²) in [6, 6.07) is 1.22. The molecule has 2 atom stereocenters. The molecule has 2 bridgehead atoms. The van der Waals surface area contributed by atoms with Gasteiger partial charge >= 0.3 is 0 Å². The molecule has 2 aliphatic heterocycles. The molecule has 1 N–H and O–H groups in total. The number of hydrogen-bond acceptors (Lipinski definition) is 3. The van der Waals surface area contributed by atoms with Gasteiger partial charge in [-0.15, -0.1) is 0 Å². The Hall–Kier alpha value is -0.960. The molecule has 3 nitrogen and oxygen atoms in total. The average molecular weight is 161 g/mol. The van der Waals surface area contributed by atoms with Crippen LogP contribution in [0.3, 0.4) is 0 Å². The SMILES string of the molecule is c1ncc2c(n1)C[C@H]1CC[C@H]2N1. The fourth-order valence-corrected chi connectivity index (χ4v) is 2.29. The van der Waals surface area contributed by atoms with E-state index in [9.17, 15) is 0 Å². The lowest BCUT2D eigenvalue weighted by Crippen LogP contribution is -2.32. The molecular weight excluding hydrogens is 150 g/mol. The van der Waals surface area contributed by atoms with Crippen LogP contribution in [0.1, 0.15) is 30.1 Å². The van der Waals surface area contributed by atoms with Crippen LogP contribution in [0.2, 0.25) is 0 Å². The van der Waals surface area contributed by atoms with Gasteiger partial charge in [0.25, 0.3) is 0 Å². The Balaban J connectivity index is 2.13. The van der Waals surface area contributed by atoms with Gasteiger partial charge in [-0.1, -0.05) is 0 Å². The van der Waals surface area contributed by atoms with Crippen molar-refractivity contribution in [2.75, 3.05) is 0 Å². The summed E-state index contributed by atoms with van der Waals surface area (Å²) in [5, 5.41) is 3.57. The summed E-state index contributed by atoms with van der Waals surface area (Å²) in [5.74, 6) is 0. The molecule has 0 aromatic carbocycles. The number of nitrogens with one attached hydrogen (secondary N) is 1. The lowest BCUT2D eigenvalue weighted by molar-refractivity contribution is 0.504. The Morgan fingerprint density at radius 3 is 3.42 bits per heavy atom. The van der Waals surface area contributed by atoms with Gasteiger partial charge in [-0.2, -0.15) is 0 Å². The minimum atomic E-state index is 0.542. The van der Waals surface area contributed by atoms with E-state index in [-0.39, 0.29) is 0 Å². The summed E-state index contributed by atoms with van der Waals surface area (Å²) in [5.41, 5.74) is 2.59. The largest absolute Gasteiger partial charge is 0.307 e. The van der Waals surface area contributed by atoms with Crippen molar-refractivity contribution in [2.24, 2.45) is 0 Å². The van der Waals surface area contributed by atoms with E-state index in [4.69, 9.17) is 0 Å². The van der Waals surface area contributed by atoms with Crippen LogP contribution in [0.15, 0.2) is 12.5 Å². The molecule has 0 spiro atoms. The third-order valence-electron chi connectivity index (χ3n) is 2.88. The first-order chi connectivity index (χ1) is 5.93. The molecule has 62 valence electrons. The first-order valence-corrected chi connectivity index (χ1v) is 4.48. The summed E-state index contributed by atoms with van der Waals surface area (Å²) in [6.45, 7) is 0. The van der Waals surface area contributed by atoms with Gasteiger partial charge in [0.15, 0.2) is 0 Å². The van der Waals surface area contributed by atoms with Crippen LogP contribution in [0.25, 0.3) is 0 Å². The average Bonchev–Trinajstić information content (AvgIpc) is 2.49. The maximum absolute atomic E-state index is 4.31. The standard InChI is InChI=1S/C9H11N3/c1-2-8-7-4-10-5-11-9(7)3-6(1)12-8/h4-6,8,12H,1-3H2/t6-,8-/m1/s1. The Bertz CT molecular complexity index is 310. The van der Waals surface area contributed by atoms with Crippen LogP contribution in [-0.4, -0.2) is 16.0 Å².